The van der Waals surface area contributed by atoms with Gasteiger partial charge >= 0.3 is 0 Å². The molecule has 0 unspecified atom stereocenters. The van der Waals surface area contributed by atoms with Crippen LogP contribution in [-0.2, 0) is 21.4 Å². The molecule has 1 atom stereocenters. The van der Waals surface area contributed by atoms with E-state index < -0.39 is 10.0 Å². The molecule has 2 aromatic rings. The van der Waals surface area contributed by atoms with E-state index in [1.807, 2.05) is 36.4 Å². The highest BCUT2D eigenvalue weighted by atomic mass is 32.2. The number of amides is 1. The lowest BCUT2D eigenvalue weighted by atomic mass is 10.2. The van der Waals surface area contributed by atoms with E-state index in [1.165, 1.54) is 29.1 Å². The quantitative estimate of drug-likeness (QED) is 0.829. The number of carbonyl (C=O) groups excluding carboxylic acids is 1. The maximum absolute atomic E-state index is 12.3. The van der Waals surface area contributed by atoms with Crippen LogP contribution in [0.15, 0.2) is 46.7 Å². The number of sulfonamides is 1. The van der Waals surface area contributed by atoms with Crippen molar-refractivity contribution in [2.45, 2.75) is 24.4 Å². The molecule has 1 amide bonds. The van der Waals surface area contributed by atoms with Gasteiger partial charge in [-0.15, -0.1) is 11.3 Å². The Morgan fingerprint density at radius 1 is 1.30 bits per heavy atom. The van der Waals surface area contributed by atoms with E-state index in [-0.39, 0.29) is 16.8 Å². The van der Waals surface area contributed by atoms with Gasteiger partial charge in [0.2, 0.25) is 15.9 Å². The molecule has 0 spiro atoms. The Morgan fingerprint density at radius 3 is 2.48 bits per heavy atom. The van der Waals surface area contributed by atoms with Gasteiger partial charge in [-0.25, -0.2) is 13.6 Å². The zero-order valence-electron chi connectivity index (χ0n) is 12.9. The summed E-state index contributed by atoms with van der Waals surface area (Å²) in [5, 5.41) is 9.81. The number of anilines is 1. The standard InChI is InChI=1S/C15H19N3O3S2/c1-11(18(2)10-13-4-3-9-22-13)15(19)17-12-5-7-14(8-6-12)23(16,20)21/h3-9,11H,10H2,1-2H3,(H,17,19)(H2,16,20,21)/t11-/m1/s1. The van der Waals surface area contributed by atoms with Crippen LogP contribution in [0.25, 0.3) is 0 Å². The van der Waals surface area contributed by atoms with Gasteiger partial charge in [0.1, 0.15) is 0 Å². The predicted molar refractivity (Wildman–Crippen MR) is 91.7 cm³/mol. The third-order valence-electron chi connectivity index (χ3n) is 3.48. The summed E-state index contributed by atoms with van der Waals surface area (Å²) in [7, 11) is -1.84. The lowest BCUT2D eigenvalue weighted by Crippen LogP contribution is -2.39. The molecule has 2 rings (SSSR count). The Balaban J connectivity index is 1.97. The van der Waals surface area contributed by atoms with Crippen molar-refractivity contribution in [2.75, 3.05) is 12.4 Å². The van der Waals surface area contributed by atoms with Gasteiger partial charge in [0, 0.05) is 17.1 Å². The zero-order valence-corrected chi connectivity index (χ0v) is 14.5. The van der Waals surface area contributed by atoms with Gasteiger partial charge in [-0.05, 0) is 49.7 Å². The molecule has 1 heterocycles. The van der Waals surface area contributed by atoms with Gasteiger partial charge in [-0.1, -0.05) is 6.07 Å². The molecule has 0 saturated carbocycles. The van der Waals surface area contributed by atoms with Crippen molar-refractivity contribution in [3.63, 3.8) is 0 Å². The van der Waals surface area contributed by atoms with Crippen LogP contribution < -0.4 is 10.5 Å². The lowest BCUT2D eigenvalue weighted by Gasteiger charge is -2.23. The minimum atomic E-state index is -3.73. The van der Waals surface area contributed by atoms with Crippen molar-refractivity contribution in [1.29, 1.82) is 0 Å². The van der Waals surface area contributed by atoms with Crippen LogP contribution in [0.4, 0.5) is 5.69 Å². The topological polar surface area (TPSA) is 92.5 Å². The van der Waals surface area contributed by atoms with E-state index >= 15 is 0 Å². The Hall–Kier alpha value is -1.74. The molecule has 23 heavy (non-hydrogen) atoms. The average molecular weight is 353 g/mol. The van der Waals surface area contributed by atoms with Crippen LogP contribution in [0.3, 0.4) is 0 Å². The molecule has 8 heteroatoms. The molecule has 0 aliphatic carbocycles. The fourth-order valence-electron chi connectivity index (χ4n) is 1.96. The largest absolute Gasteiger partial charge is 0.325 e. The third-order valence-corrected chi connectivity index (χ3v) is 5.27. The van der Waals surface area contributed by atoms with Crippen LogP contribution in [0, 0.1) is 0 Å². The first kappa shape index (κ1) is 17.6. The lowest BCUT2D eigenvalue weighted by molar-refractivity contribution is -0.120. The molecule has 0 saturated heterocycles. The molecule has 0 aliphatic heterocycles. The summed E-state index contributed by atoms with van der Waals surface area (Å²) < 4.78 is 22.4. The maximum atomic E-state index is 12.3. The van der Waals surface area contributed by atoms with Crippen LogP contribution in [-0.4, -0.2) is 32.3 Å². The van der Waals surface area contributed by atoms with Crippen LogP contribution >= 0.6 is 11.3 Å². The summed E-state index contributed by atoms with van der Waals surface area (Å²) >= 11 is 1.65. The van der Waals surface area contributed by atoms with Crippen molar-refractivity contribution < 1.29 is 13.2 Å². The molecule has 0 radical (unpaired) electrons. The van der Waals surface area contributed by atoms with Gasteiger partial charge < -0.3 is 5.32 Å². The van der Waals surface area contributed by atoms with E-state index in [0.717, 1.165) is 0 Å². The summed E-state index contributed by atoms with van der Waals surface area (Å²) in [5.41, 5.74) is 0.527. The number of hydrogen-bond acceptors (Lipinski definition) is 5. The van der Waals surface area contributed by atoms with Gasteiger partial charge in [0.05, 0.1) is 10.9 Å². The first-order valence-corrected chi connectivity index (χ1v) is 9.36. The predicted octanol–water partition coefficient (Wildman–Crippen LogP) is 1.85. The minimum Gasteiger partial charge on any atom is -0.325 e. The number of nitrogens with one attached hydrogen (secondary N) is 1. The summed E-state index contributed by atoms with van der Waals surface area (Å²) in [4.78, 5) is 15.4. The third kappa shape index (κ3) is 4.87. The summed E-state index contributed by atoms with van der Waals surface area (Å²) in [6.07, 6.45) is 0. The SMILES string of the molecule is C[C@H](C(=O)Nc1ccc(S(N)(=O)=O)cc1)N(C)Cc1cccs1. The fraction of sp³-hybridized carbons (Fsp3) is 0.267. The molecule has 3 N–H and O–H groups in total. The second-order valence-electron chi connectivity index (χ2n) is 5.23. The number of benzene rings is 1. The highest BCUT2D eigenvalue weighted by Gasteiger charge is 2.18. The Labute approximate surface area is 140 Å². The molecular weight excluding hydrogens is 334 g/mol. The zero-order chi connectivity index (χ0) is 17.0. The molecule has 1 aromatic carbocycles. The highest BCUT2D eigenvalue weighted by molar-refractivity contribution is 7.89. The van der Waals surface area contributed by atoms with E-state index in [9.17, 15) is 13.2 Å². The number of hydrogen-bond donors (Lipinski definition) is 2. The second-order valence-corrected chi connectivity index (χ2v) is 7.82. The van der Waals surface area contributed by atoms with E-state index in [1.54, 1.807) is 11.3 Å². The van der Waals surface area contributed by atoms with Crippen molar-refractivity contribution in [3.05, 3.63) is 46.7 Å². The monoisotopic (exact) mass is 353 g/mol. The fourth-order valence-corrected chi connectivity index (χ4v) is 3.24. The number of carbonyl (C=O) groups is 1. The number of nitrogens with zero attached hydrogens (tertiary/aromatic N) is 1. The van der Waals surface area contributed by atoms with Crippen molar-refractivity contribution in [2.24, 2.45) is 5.14 Å². The number of likely N-dealkylation sites (N-methyl/N-ethyl adjacent to an activating group) is 1. The molecule has 0 bridgehead atoms. The van der Waals surface area contributed by atoms with Crippen molar-refractivity contribution in [1.82, 2.24) is 4.90 Å². The summed E-state index contributed by atoms with van der Waals surface area (Å²) in [6, 6.07) is 9.45. The normalized spacial score (nSPS) is 13.0. The molecule has 1 aromatic heterocycles. The number of primary sulfonamides is 1. The summed E-state index contributed by atoms with van der Waals surface area (Å²) in [5.74, 6) is -0.160. The average Bonchev–Trinajstić information content (AvgIpc) is 2.98. The smallest absolute Gasteiger partial charge is 0.241 e. The van der Waals surface area contributed by atoms with Crippen LogP contribution in [0.1, 0.15) is 11.8 Å². The first-order chi connectivity index (χ1) is 10.8. The maximum Gasteiger partial charge on any atom is 0.241 e. The minimum absolute atomic E-state index is 0.0124. The van der Waals surface area contributed by atoms with E-state index in [0.29, 0.717) is 12.2 Å². The molecular formula is C15H19N3O3S2. The Kier molecular flexibility index (Phi) is 5.53. The van der Waals surface area contributed by atoms with Gasteiger partial charge in [0.15, 0.2) is 0 Å². The van der Waals surface area contributed by atoms with Gasteiger partial charge in [0.25, 0.3) is 0 Å². The van der Waals surface area contributed by atoms with Crippen molar-refractivity contribution >= 4 is 33.0 Å². The van der Waals surface area contributed by atoms with Crippen LogP contribution in [0.2, 0.25) is 0 Å². The Bertz CT molecular complexity index is 756. The molecule has 0 aliphatic rings. The Morgan fingerprint density at radius 2 is 1.96 bits per heavy atom. The number of thiophene rings is 1. The first-order valence-electron chi connectivity index (χ1n) is 6.94. The number of nitrogens with two attached hydrogens (primary N) is 1. The summed E-state index contributed by atoms with van der Waals surface area (Å²) in [6.45, 7) is 2.51. The van der Waals surface area contributed by atoms with Crippen LogP contribution in [0.5, 0.6) is 0 Å². The van der Waals surface area contributed by atoms with E-state index in [2.05, 4.69) is 5.32 Å². The van der Waals surface area contributed by atoms with Crippen molar-refractivity contribution in [3.8, 4) is 0 Å². The van der Waals surface area contributed by atoms with Gasteiger partial charge in [-0.3, -0.25) is 9.69 Å². The molecule has 0 fully saturated rings. The molecule has 124 valence electrons. The number of rotatable bonds is 6. The molecule has 6 nitrogen and oxygen atoms in total. The van der Waals surface area contributed by atoms with E-state index in [4.69, 9.17) is 5.14 Å². The highest BCUT2D eigenvalue weighted by Crippen LogP contribution is 2.15. The van der Waals surface area contributed by atoms with Gasteiger partial charge in [-0.2, -0.15) is 0 Å². The second kappa shape index (κ2) is 7.22.